The third-order valence-electron chi connectivity index (χ3n) is 2.21. The molecule has 0 saturated heterocycles. The Hall–Kier alpha value is -0.900. The summed E-state index contributed by atoms with van der Waals surface area (Å²) < 4.78 is 5.26. The molecule has 0 amide bonds. The van der Waals surface area contributed by atoms with E-state index in [2.05, 4.69) is 0 Å². The van der Waals surface area contributed by atoms with E-state index in [1.807, 2.05) is 30.3 Å². The zero-order valence-corrected chi connectivity index (χ0v) is 10.2. The van der Waals surface area contributed by atoms with Crippen LogP contribution in [-0.2, 0) is 12.3 Å². The van der Waals surface area contributed by atoms with Gasteiger partial charge >= 0.3 is 0 Å². The van der Waals surface area contributed by atoms with Crippen LogP contribution in [0.25, 0.3) is 0 Å². The lowest BCUT2D eigenvalue weighted by Gasteiger charge is -2.04. The lowest BCUT2D eigenvalue weighted by atomic mass is 10.2. The molecule has 2 aromatic rings. The van der Waals surface area contributed by atoms with Crippen molar-refractivity contribution in [3.05, 3.63) is 52.9 Å². The summed E-state index contributed by atoms with van der Waals surface area (Å²) in [6.45, 7) is 0.474. The van der Waals surface area contributed by atoms with Crippen molar-refractivity contribution < 1.29 is 4.42 Å². The number of furan rings is 1. The molecule has 0 radical (unpaired) electrons. The molecule has 1 aromatic heterocycles. The lowest BCUT2D eigenvalue weighted by molar-refractivity contribution is 0.530. The number of rotatable bonds is 4. The molecule has 0 unspecified atom stereocenters. The smallest absolute Gasteiger partial charge is 0.113 e. The van der Waals surface area contributed by atoms with Gasteiger partial charge in [-0.1, -0.05) is 17.7 Å². The van der Waals surface area contributed by atoms with Crippen molar-refractivity contribution in [3.8, 4) is 0 Å². The molecular formula is C12H12ClNOS. The molecule has 4 heteroatoms. The summed E-state index contributed by atoms with van der Waals surface area (Å²) in [5.41, 5.74) is 6.52. The molecule has 1 aromatic carbocycles. The van der Waals surface area contributed by atoms with E-state index in [0.29, 0.717) is 6.54 Å². The zero-order chi connectivity index (χ0) is 11.4. The number of thioether (sulfide) groups is 1. The molecule has 0 spiro atoms. The van der Waals surface area contributed by atoms with E-state index in [1.165, 1.54) is 0 Å². The third kappa shape index (κ3) is 2.82. The quantitative estimate of drug-likeness (QED) is 0.845. The van der Waals surface area contributed by atoms with Crippen molar-refractivity contribution in [3.63, 3.8) is 0 Å². The summed E-state index contributed by atoms with van der Waals surface area (Å²) in [6, 6.07) is 9.79. The second-order valence-corrected chi connectivity index (χ2v) is 4.78. The van der Waals surface area contributed by atoms with Crippen LogP contribution in [-0.4, -0.2) is 0 Å². The molecule has 0 saturated carbocycles. The van der Waals surface area contributed by atoms with Crippen molar-refractivity contribution in [2.24, 2.45) is 5.73 Å². The van der Waals surface area contributed by atoms with Crippen LogP contribution in [0.1, 0.15) is 11.3 Å². The number of hydrogen-bond donors (Lipinski definition) is 1. The highest BCUT2D eigenvalue weighted by Gasteiger charge is 2.02. The first-order valence-electron chi connectivity index (χ1n) is 4.93. The minimum atomic E-state index is 0.474. The van der Waals surface area contributed by atoms with Crippen LogP contribution < -0.4 is 5.73 Å². The molecule has 0 aliphatic rings. The second kappa shape index (κ2) is 5.43. The normalized spacial score (nSPS) is 10.6. The van der Waals surface area contributed by atoms with Gasteiger partial charge in [0.25, 0.3) is 0 Å². The van der Waals surface area contributed by atoms with Crippen LogP contribution >= 0.6 is 23.4 Å². The summed E-state index contributed by atoms with van der Waals surface area (Å²) in [7, 11) is 0. The van der Waals surface area contributed by atoms with Crippen molar-refractivity contribution >= 4 is 23.4 Å². The van der Waals surface area contributed by atoms with Crippen molar-refractivity contribution in [1.82, 2.24) is 0 Å². The lowest BCUT2D eigenvalue weighted by Crippen LogP contribution is -1.96. The molecule has 2 N–H and O–H groups in total. The number of benzene rings is 1. The average Bonchev–Trinajstić information content (AvgIpc) is 2.79. The fraction of sp³-hybridized carbons (Fsp3) is 0.167. The summed E-state index contributed by atoms with van der Waals surface area (Å²) in [4.78, 5) is 1.12. The third-order valence-corrected chi connectivity index (χ3v) is 3.57. The molecule has 0 fully saturated rings. The Bertz CT molecular complexity index is 456. The Kier molecular flexibility index (Phi) is 3.93. The first-order valence-corrected chi connectivity index (χ1v) is 6.29. The van der Waals surface area contributed by atoms with Gasteiger partial charge in [0.05, 0.1) is 12.0 Å². The Labute approximate surface area is 104 Å². The molecule has 0 aliphatic carbocycles. The summed E-state index contributed by atoms with van der Waals surface area (Å²) in [5.74, 6) is 1.77. The van der Waals surface area contributed by atoms with Gasteiger partial charge in [0.1, 0.15) is 5.76 Å². The minimum absolute atomic E-state index is 0.474. The first kappa shape index (κ1) is 11.6. The van der Waals surface area contributed by atoms with Gasteiger partial charge in [-0.3, -0.25) is 0 Å². The molecule has 16 heavy (non-hydrogen) atoms. The molecule has 84 valence electrons. The SMILES string of the molecule is NCc1ccc(SCc2ccco2)cc1Cl. The Morgan fingerprint density at radius 1 is 1.31 bits per heavy atom. The van der Waals surface area contributed by atoms with Crippen LogP contribution in [0.2, 0.25) is 5.02 Å². The van der Waals surface area contributed by atoms with Crippen molar-refractivity contribution in [2.75, 3.05) is 0 Å². The van der Waals surface area contributed by atoms with E-state index in [4.69, 9.17) is 21.8 Å². The van der Waals surface area contributed by atoms with Gasteiger partial charge < -0.3 is 10.2 Å². The first-order chi connectivity index (χ1) is 7.79. The monoisotopic (exact) mass is 253 g/mol. The van der Waals surface area contributed by atoms with Crippen LogP contribution in [0.4, 0.5) is 0 Å². The van der Waals surface area contributed by atoms with E-state index in [-0.39, 0.29) is 0 Å². The number of hydrogen-bond acceptors (Lipinski definition) is 3. The molecule has 2 nitrogen and oxygen atoms in total. The van der Waals surface area contributed by atoms with Gasteiger partial charge in [-0.2, -0.15) is 0 Å². The topological polar surface area (TPSA) is 39.2 Å². The highest BCUT2D eigenvalue weighted by molar-refractivity contribution is 7.98. The maximum atomic E-state index is 6.07. The zero-order valence-electron chi connectivity index (χ0n) is 8.65. The van der Waals surface area contributed by atoms with Gasteiger partial charge in [-0.25, -0.2) is 0 Å². The molecular weight excluding hydrogens is 242 g/mol. The van der Waals surface area contributed by atoms with Gasteiger partial charge in [-0.15, -0.1) is 11.8 Å². The van der Waals surface area contributed by atoms with E-state index in [9.17, 15) is 0 Å². The predicted octanol–water partition coefficient (Wildman–Crippen LogP) is 3.68. The largest absolute Gasteiger partial charge is 0.468 e. The van der Waals surface area contributed by atoms with Crippen LogP contribution in [0.3, 0.4) is 0 Å². The van der Waals surface area contributed by atoms with Gasteiger partial charge in [0.15, 0.2) is 0 Å². The molecule has 0 bridgehead atoms. The van der Waals surface area contributed by atoms with Crippen molar-refractivity contribution in [1.29, 1.82) is 0 Å². The number of halogens is 1. The summed E-state index contributed by atoms with van der Waals surface area (Å²) in [6.07, 6.45) is 1.68. The van der Waals surface area contributed by atoms with Crippen LogP contribution in [0, 0.1) is 0 Å². The number of nitrogens with two attached hydrogens (primary N) is 1. The summed E-state index contributed by atoms with van der Waals surface area (Å²) >= 11 is 7.77. The maximum Gasteiger partial charge on any atom is 0.113 e. The maximum absolute atomic E-state index is 6.07. The second-order valence-electron chi connectivity index (χ2n) is 3.33. The Balaban J connectivity index is 2.02. The minimum Gasteiger partial charge on any atom is -0.468 e. The van der Waals surface area contributed by atoms with Gasteiger partial charge in [0, 0.05) is 16.5 Å². The van der Waals surface area contributed by atoms with Gasteiger partial charge in [-0.05, 0) is 29.8 Å². The molecule has 0 atom stereocenters. The van der Waals surface area contributed by atoms with E-state index in [0.717, 1.165) is 27.0 Å². The van der Waals surface area contributed by atoms with Crippen molar-refractivity contribution in [2.45, 2.75) is 17.2 Å². The molecule has 0 aliphatic heterocycles. The van der Waals surface area contributed by atoms with E-state index in [1.54, 1.807) is 18.0 Å². The average molecular weight is 254 g/mol. The summed E-state index contributed by atoms with van der Waals surface area (Å²) in [5, 5.41) is 0.729. The van der Waals surface area contributed by atoms with Gasteiger partial charge in [0.2, 0.25) is 0 Å². The standard InChI is InChI=1S/C12H12ClNOS/c13-12-6-11(4-3-9(12)7-14)16-8-10-2-1-5-15-10/h1-6H,7-8,14H2. The fourth-order valence-electron chi connectivity index (χ4n) is 1.33. The Morgan fingerprint density at radius 2 is 2.19 bits per heavy atom. The highest BCUT2D eigenvalue weighted by Crippen LogP contribution is 2.27. The van der Waals surface area contributed by atoms with Crippen LogP contribution in [0.5, 0.6) is 0 Å². The fourth-order valence-corrected chi connectivity index (χ4v) is 2.49. The van der Waals surface area contributed by atoms with E-state index >= 15 is 0 Å². The molecule has 1 heterocycles. The van der Waals surface area contributed by atoms with E-state index < -0.39 is 0 Å². The van der Waals surface area contributed by atoms with Crippen LogP contribution in [0.15, 0.2) is 45.9 Å². The molecule has 2 rings (SSSR count). The predicted molar refractivity (Wildman–Crippen MR) is 67.6 cm³/mol. The Morgan fingerprint density at radius 3 is 2.81 bits per heavy atom. The highest BCUT2D eigenvalue weighted by atomic mass is 35.5.